The van der Waals surface area contributed by atoms with Gasteiger partial charge in [0.25, 0.3) is 0 Å². The van der Waals surface area contributed by atoms with Gasteiger partial charge in [0.15, 0.2) is 0 Å². The number of nitrogens with zero attached hydrogens (tertiary/aromatic N) is 1. The lowest BCUT2D eigenvalue weighted by molar-refractivity contribution is 1.14. The summed E-state index contributed by atoms with van der Waals surface area (Å²) in [6.07, 6.45) is 0. The first-order valence-electron chi connectivity index (χ1n) is 4.64. The van der Waals surface area contributed by atoms with Crippen molar-refractivity contribution in [3.63, 3.8) is 0 Å². The maximum absolute atomic E-state index is 5.97. The molecule has 0 heterocycles. The van der Waals surface area contributed by atoms with Crippen LogP contribution in [0, 0.1) is 0 Å². The lowest BCUT2D eigenvalue weighted by Gasteiger charge is -2.16. The zero-order valence-electron chi connectivity index (χ0n) is 8.49. The van der Waals surface area contributed by atoms with E-state index in [0.717, 1.165) is 11.1 Å². The molecule has 72 valence electrons. The summed E-state index contributed by atoms with van der Waals surface area (Å²) < 4.78 is 0. The van der Waals surface area contributed by atoms with Crippen molar-refractivity contribution >= 4 is 22.1 Å². The SMILES string of the molecule is CN(C)c1cccc2cccc(N)c12. The quantitative estimate of drug-likeness (QED) is 0.693. The van der Waals surface area contributed by atoms with Crippen molar-refractivity contribution in [1.29, 1.82) is 0 Å². The molecule has 0 saturated heterocycles. The fraction of sp³-hybridized carbons (Fsp3) is 0.167. The van der Waals surface area contributed by atoms with Crippen molar-refractivity contribution in [2.75, 3.05) is 24.7 Å². The van der Waals surface area contributed by atoms with Gasteiger partial charge in [-0.2, -0.15) is 0 Å². The first-order valence-corrected chi connectivity index (χ1v) is 4.64. The smallest absolute Gasteiger partial charge is 0.0461 e. The number of hydrogen-bond donors (Lipinski definition) is 1. The molecule has 2 heteroatoms. The van der Waals surface area contributed by atoms with E-state index in [4.69, 9.17) is 5.73 Å². The Bertz CT molecular complexity index is 456. The fourth-order valence-corrected chi connectivity index (χ4v) is 1.72. The number of nitrogen functional groups attached to an aromatic ring is 1. The predicted octanol–water partition coefficient (Wildman–Crippen LogP) is 2.49. The molecule has 0 amide bonds. The number of rotatable bonds is 1. The Hall–Kier alpha value is -1.70. The number of benzene rings is 2. The summed E-state index contributed by atoms with van der Waals surface area (Å²) in [4.78, 5) is 2.08. The summed E-state index contributed by atoms with van der Waals surface area (Å²) in [7, 11) is 4.06. The van der Waals surface area contributed by atoms with Gasteiger partial charge in [0.1, 0.15) is 0 Å². The molecule has 14 heavy (non-hydrogen) atoms. The molecule has 0 atom stereocenters. The normalized spacial score (nSPS) is 10.4. The molecule has 0 aliphatic carbocycles. The van der Waals surface area contributed by atoms with E-state index in [1.807, 2.05) is 26.2 Å². The Kier molecular flexibility index (Phi) is 2.04. The lowest BCUT2D eigenvalue weighted by atomic mass is 10.1. The third-order valence-corrected chi connectivity index (χ3v) is 2.40. The highest BCUT2D eigenvalue weighted by atomic mass is 15.1. The highest BCUT2D eigenvalue weighted by Crippen LogP contribution is 2.29. The second kappa shape index (κ2) is 3.22. The van der Waals surface area contributed by atoms with Crippen molar-refractivity contribution in [2.24, 2.45) is 0 Å². The van der Waals surface area contributed by atoms with Crippen molar-refractivity contribution < 1.29 is 0 Å². The first kappa shape index (κ1) is 8.88. The third kappa shape index (κ3) is 1.29. The van der Waals surface area contributed by atoms with Gasteiger partial charge >= 0.3 is 0 Å². The van der Waals surface area contributed by atoms with Crippen LogP contribution in [0.4, 0.5) is 11.4 Å². The number of anilines is 2. The third-order valence-electron chi connectivity index (χ3n) is 2.40. The van der Waals surface area contributed by atoms with E-state index in [2.05, 4.69) is 29.2 Å². The minimum absolute atomic E-state index is 0.840. The summed E-state index contributed by atoms with van der Waals surface area (Å²) >= 11 is 0. The van der Waals surface area contributed by atoms with Gasteiger partial charge in [0.05, 0.1) is 0 Å². The van der Waals surface area contributed by atoms with Crippen molar-refractivity contribution in [2.45, 2.75) is 0 Å². The minimum atomic E-state index is 0.840. The molecule has 0 aliphatic rings. The minimum Gasteiger partial charge on any atom is -0.398 e. The maximum atomic E-state index is 5.97. The van der Waals surface area contributed by atoms with Crippen molar-refractivity contribution in [1.82, 2.24) is 0 Å². The van der Waals surface area contributed by atoms with E-state index in [9.17, 15) is 0 Å². The van der Waals surface area contributed by atoms with E-state index in [1.54, 1.807) is 0 Å². The highest BCUT2D eigenvalue weighted by Gasteiger charge is 2.04. The summed E-state index contributed by atoms with van der Waals surface area (Å²) in [6.45, 7) is 0. The van der Waals surface area contributed by atoms with Crippen LogP contribution >= 0.6 is 0 Å². The van der Waals surface area contributed by atoms with E-state index < -0.39 is 0 Å². The van der Waals surface area contributed by atoms with Gasteiger partial charge in [-0.3, -0.25) is 0 Å². The van der Waals surface area contributed by atoms with Crippen LogP contribution in [0.2, 0.25) is 0 Å². The summed E-state index contributed by atoms with van der Waals surface area (Å²) in [6, 6.07) is 12.2. The molecule has 0 aliphatic heterocycles. The summed E-state index contributed by atoms with van der Waals surface area (Å²) in [5, 5.41) is 2.33. The molecule has 0 fully saturated rings. The Labute approximate surface area is 83.9 Å². The van der Waals surface area contributed by atoms with E-state index in [1.165, 1.54) is 11.1 Å². The van der Waals surface area contributed by atoms with Crippen molar-refractivity contribution in [3.05, 3.63) is 36.4 Å². The van der Waals surface area contributed by atoms with E-state index >= 15 is 0 Å². The van der Waals surface area contributed by atoms with Gasteiger partial charge in [0.2, 0.25) is 0 Å². The standard InChI is InChI=1S/C12H14N2/c1-14(2)11-8-4-6-9-5-3-7-10(13)12(9)11/h3-8H,13H2,1-2H3. The zero-order chi connectivity index (χ0) is 10.1. The van der Waals surface area contributed by atoms with Gasteiger partial charge < -0.3 is 10.6 Å². The van der Waals surface area contributed by atoms with Crippen LogP contribution in [-0.4, -0.2) is 14.1 Å². The monoisotopic (exact) mass is 186 g/mol. The van der Waals surface area contributed by atoms with Crippen LogP contribution in [-0.2, 0) is 0 Å². The van der Waals surface area contributed by atoms with Gasteiger partial charge in [-0.25, -0.2) is 0 Å². The van der Waals surface area contributed by atoms with Crippen LogP contribution in [0.5, 0.6) is 0 Å². The fourth-order valence-electron chi connectivity index (χ4n) is 1.72. The molecule has 0 unspecified atom stereocenters. The number of nitrogens with two attached hydrogens (primary N) is 1. The van der Waals surface area contributed by atoms with Crippen molar-refractivity contribution in [3.8, 4) is 0 Å². The summed E-state index contributed by atoms with van der Waals surface area (Å²) in [5.41, 5.74) is 7.98. The molecule has 2 nitrogen and oxygen atoms in total. The van der Waals surface area contributed by atoms with Gasteiger partial charge in [0, 0.05) is 30.9 Å². The molecule has 0 aromatic heterocycles. The molecule has 2 aromatic rings. The van der Waals surface area contributed by atoms with E-state index in [0.29, 0.717) is 0 Å². The lowest BCUT2D eigenvalue weighted by Crippen LogP contribution is -2.09. The molecular weight excluding hydrogens is 172 g/mol. The number of fused-ring (bicyclic) bond motifs is 1. The van der Waals surface area contributed by atoms with Gasteiger partial charge in [-0.05, 0) is 17.5 Å². The molecular formula is C12H14N2. The van der Waals surface area contributed by atoms with Crippen LogP contribution in [0.1, 0.15) is 0 Å². The molecule has 2 aromatic carbocycles. The Morgan fingerprint density at radius 2 is 1.64 bits per heavy atom. The predicted molar refractivity (Wildman–Crippen MR) is 62.7 cm³/mol. The summed E-state index contributed by atoms with van der Waals surface area (Å²) in [5.74, 6) is 0. The molecule has 0 bridgehead atoms. The van der Waals surface area contributed by atoms with Gasteiger partial charge in [-0.15, -0.1) is 0 Å². The Morgan fingerprint density at radius 1 is 1.00 bits per heavy atom. The molecule has 2 rings (SSSR count). The molecule has 0 saturated carbocycles. The molecule has 0 radical (unpaired) electrons. The van der Waals surface area contributed by atoms with Crippen LogP contribution in [0.15, 0.2) is 36.4 Å². The average molecular weight is 186 g/mol. The Balaban J connectivity index is 2.84. The maximum Gasteiger partial charge on any atom is 0.0461 e. The second-order valence-electron chi connectivity index (χ2n) is 3.62. The molecule has 0 spiro atoms. The topological polar surface area (TPSA) is 29.3 Å². The largest absolute Gasteiger partial charge is 0.398 e. The van der Waals surface area contributed by atoms with Crippen LogP contribution in [0.25, 0.3) is 10.8 Å². The van der Waals surface area contributed by atoms with Crippen LogP contribution in [0.3, 0.4) is 0 Å². The Morgan fingerprint density at radius 3 is 2.29 bits per heavy atom. The first-order chi connectivity index (χ1) is 6.70. The average Bonchev–Trinajstić information content (AvgIpc) is 2.17. The van der Waals surface area contributed by atoms with E-state index in [-0.39, 0.29) is 0 Å². The molecule has 2 N–H and O–H groups in total. The second-order valence-corrected chi connectivity index (χ2v) is 3.62. The zero-order valence-corrected chi connectivity index (χ0v) is 8.49. The van der Waals surface area contributed by atoms with Crippen LogP contribution < -0.4 is 10.6 Å². The number of hydrogen-bond acceptors (Lipinski definition) is 2. The van der Waals surface area contributed by atoms with Gasteiger partial charge in [-0.1, -0.05) is 24.3 Å². The highest BCUT2D eigenvalue weighted by molar-refractivity contribution is 6.02.